The van der Waals surface area contributed by atoms with E-state index in [9.17, 15) is 23.6 Å². The smallest absolute Gasteiger partial charge is 0.294 e. The van der Waals surface area contributed by atoms with Crippen LogP contribution in [0.1, 0.15) is 12.5 Å². The number of amides is 4. The van der Waals surface area contributed by atoms with Crippen LogP contribution in [-0.4, -0.2) is 54.7 Å². The summed E-state index contributed by atoms with van der Waals surface area (Å²) in [7, 11) is 1.42. The fraction of sp³-hybridized carbons (Fsp3) is 0.172. The fourth-order valence-electron chi connectivity index (χ4n) is 3.75. The van der Waals surface area contributed by atoms with Gasteiger partial charge in [0.1, 0.15) is 18.1 Å². The predicted molar refractivity (Wildman–Crippen MR) is 152 cm³/mol. The molecule has 1 aliphatic heterocycles. The third kappa shape index (κ3) is 7.63. The van der Waals surface area contributed by atoms with Crippen LogP contribution in [0.4, 0.5) is 20.6 Å². The quantitative estimate of drug-likeness (QED) is 0.307. The molecule has 0 saturated carbocycles. The first-order chi connectivity index (χ1) is 19.8. The minimum absolute atomic E-state index is 0.0673. The lowest BCUT2D eigenvalue weighted by Crippen LogP contribution is -2.36. The maximum atomic E-state index is 13.1. The van der Waals surface area contributed by atoms with E-state index >= 15 is 0 Å². The van der Waals surface area contributed by atoms with E-state index in [4.69, 9.17) is 14.2 Å². The Labute approximate surface area is 239 Å². The standard InChI is InChI=1S/C29H26FN3O7S/c1-3-39-22-13-11-21(12-14-22)31-25(34)16-33-28(36)24(41-29(33)37)15-18-5-4-6-23(38-2)27(18)40-17-26(35)32-20-9-7-19(30)8-10-20/h4-15H,3,16-17H2,1-2H3,(H,31,34)(H,32,35)/b24-15+. The Balaban J connectivity index is 1.43. The maximum absolute atomic E-state index is 13.1. The van der Waals surface area contributed by atoms with Gasteiger partial charge in [-0.3, -0.25) is 24.1 Å². The highest BCUT2D eigenvalue weighted by Gasteiger charge is 2.36. The van der Waals surface area contributed by atoms with E-state index in [1.807, 2.05) is 6.92 Å². The zero-order valence-electron chi connectivity index (χ0n) is 22.1. The molecule has 10 nitrogen and oxygen atoms in total. The van der Waals surface area contributed by atoms with Crippen molar-refractivity contribution in [3.05, 3.63) is 83.0 Å². The Hall–Kier alpha value is -4.84. The van der Waals surface area contributed by atoms with Crippen molar-refractivity contribution in [2.45, 2.75) is 6.92 Å². The third-order valence-electron chi connectivity index (χ3n) is 5.62. The summed E-state index contributed by atoms with van der Waals surface area (Å²) in [6, 6.07) is 16.9. The van der Waals surface area contributed by atoms with E-state index in [0.717, 1.165) is 4.90 Å². The van der Waals surface area contributed by atoms with Gasteiger partial charge in [0.25, 0.3) is 17.1 Å². The summed E-state index contributed by atoms with van der Waals surface area (Å²) in [5.74, 6) is -1.02. The van der Waals surface area contributed by atoms with Crippen molar-refractivity contribution in [1.82, 2.24) is 4.90 Å². The highest BCUT2D eigenvalue weighted by Crippen LogP contribution is 2.37. The molecule has 0 aromatic heterocycles. The minimum atomic E-state index is -0.648. The Morgan fingerprint density at radius 3 is 2.24 bits per heavy atom. The van der Waals surface area contributed by atoms with Crippen LogP contribution in [0.2, 0.25) is 0 Å². The minimum Gasteiger partial charge on any atom is -0.494 e. The van der Waals surface area contributed by atoms with Crippen LogP contribution in [-0.2, 0) is 14.4 Å². The Bertz CT molecular complexity index is 1480. The van der Waals surface area contributed by atoms with E-state index in [1.165, 1.54) is 37.5 Å². The van der Waals surface area contributed by atoms with Gasteiger partial charge in [0.2, 0.25) is 5.91 Å². The van der Waals surface area contributed by atoms with Gasteiger partial charge in [-0.05, 0) is 79.4 Å². The number of nitrogens with one attached hydrogen (secondary N) is 2. The average molecular weight is 580 g/mol. The van der Waals surface area contributed by atoms with Crippen molar-refractivity contribution >= 4 is 52.2 Å². The number of para-hydroxylation sites is 1. The second kappa shape index (κ2) is 13.5. The molecule has 0 unspecified atom stereocenters. The molecule has 0 bridgehead atoms. The van der Waals surface area contributed by atoms with E-state index in [0.29, 0.717) is 46.8 Å². The highest BCUT2D eigenvalue weighted by molar-refractivity contribution is 8.18. The van der Waals surface area contributed by atoms with Gasteiger partial charge >= 0.3 is 0 Å². The third-order valence-corrected chi connectivity index (χ3v) is 6.52. The summed E-state index contributed by atoms with van der Waals surface area (Å²) in [5, 5.41) is 4.64. The van der Waals surface area contributed by atoms with Gasteiger partial charge in [-0.1, -0.05) is 12.1 Å². The molecule has 41 heavy (non-hydrogen) atoms. The van der Waals surface area contributed by atoms with Gasteiger partial charge < -0.3 is 24.8 Å². The normalized spacial score (nSPS) is 13.7. The number of imide groups is 1. The molecular weight excluding hydrogens is 553 g/mol. The first kappa shape index (κ1) is 29.2. The second-order valence-electron chi connectivity index (χ2n) is 8.50. The van der Waals surface area contributed by atoms with E-state index in [2.05, 4.69) is 10.6 Å². The number of halogens is 1. The fourth-order valence-corrected chi connectivity index (χ4v) is 4.58. The van der Waals surface area contributed by atoms with Gasteiger partial charge in [0.15, 0.2) is 18.1 Å². The molecule has 212 valence electrons. The molecule has 1 aliphatic rings. The van der Waals surface area contributed by atoms with Crippen molar-refractivity contribution in [3.8, 4) is 17.2 Å². The van der Waals surface area contributed by atoms with Crippen molar-refractivity contribution in [3.63, 3.8) is 0 Å². The van der Waals surface area contributed by atoms with Gasteiger partial charge in [-0.15, -0.1) is 0 Å². The van der Waals surface area contributed by atoms with Crippen molar-refractivity contribution < 1.29 is 37.8 Å². The number of methoxy groups -OCH3 is 1. The molecule has 1 saturated heterocycles. The van der Waals surface area contributed by atoms with E-state index in [-0.39, 0.29) is 10.7 Å². The van der Waals surface area contributed by atoms with E-state index in [1.54, 1.807) is 42.5 Å². The highest BCUT2D eigenvalue weighted by atomic mass is 32.2. The summed E-state index contributed by atoms with van der Waals surface area (Å²) in [6.07, 6.45) is 1.44. The second-order valence-corrected chi connectivity index (χ2v) is 9.49. The molecule has 12 heteroatoms. The number of rotatable bonds is 11. The van der Waals surface area contributed by atoms with Crippen LogP contribution in [0.15, 0.2) is 71.6 Å². The predicted octanol–water partition coefficient (Wildman–Crippen LogP) is 4.93. The Morgan fingerprint density at radius 2 is 1.59 bits per heavy atom. The SMILES string of the molecule is CCOc1ccc(NC(=O)CN2C(=O)S/C(=C/c3cccc(OC)c3OCC(=O)Nc3ccc(F)cc3)C2=O)cc1. The number of hydrogen-bond acceptors (Lipinski definition) is 8. The molecule has 0 atom stereocenters. The molecule has 0 aliphatic carbocycles. The molecular formula is C29H26FN3O7S. The summed E-state index contributed by atoms with van der Waals surface area (Å²) in [4.78, 5) is 51.5. The molecule has 3 aromatic rings. The largest absolute Gasteiger partial charge is 0.494 e. The summed E-state index contributed by atoms with van der Waals surface area (Å²) >= 11 is 0.678. The molecule has 4 amide bonds. The summed E-state index contributed by atoms with van der Waals surface area (Å²) < 4.78 is 29.6. The monoisotopic (exact) mass is 579 g/mol. The Morgan fingerprint density at radius 1 is 0.927 bits per heavy atom. The maximum Gasteiger partial charge on any atom is 0.294 e. The molecule has 2 N–H and O–H groups in total. The molecule has 0 radical (unpaired) electrons. The number of carbonyl (C=O) groups excluding carboxylic acids is 4. The van der Waals surface area contributed by atoms with Crippen LogP contribution >= 0.6 is 11.8 Å². The summed E-state index contributed by atoms with van der Waals surface area (Å²) in [6.45, 7) is 1.49. The average Bonchev–Trinajstić information content (AvgIpc) is 3.21. The van der Waals surface area contributed by atoms with Crippen LogP contribution in [0.5, 0.6) is 17.2 Å². The van der Waals surface area contributed by atoms with Crippen molar-refractivity contribution in [2.75, 3.05) is 37.5 Å². The van der Waals surface area contributed by atoms with Gasteiger partial charge in [-0.25, -0.2) is 4.39 Å². The number of thioether (sulfide) groups is 1. The van der Waals surface area contributed by atoms with Gasteiger partial charge in [-0.2, -0.15) is 0 Å². The summed E-state index contributed by atoms with van der Waals surface area (Å²) in [5.41, 5.74) is 1.26. The number of carbonyl (C=O) groups is 4. The molecule has 1 fully saturated rings. The van der Waals surface area contributed by atoms with E-state index < -0.39 is 41.9 Å². The molecule has 1 heterocycles. The Kier molecular flexibility index (Phi) is 9.59. The number of ether oxygens (including phenoxy) is 3. The first-order valence-electron chi connectivity index (χ1n) is 12.4. The van der Waals surface area contributed by atoms with Crippen LogP contribution in [0.25, 0.3) is 6.08 Å². The number of hydrogen-bond donors (Lipinski definition) is 2. The van der Waals surface area contributed by atoms with Gasteiger partial charge in [0, 0.05) is 16.9 Å². The molecule has 3 aromatic carbocycles. The van der Waals surface area contributed by atoms with Crippen molar-refractivity contribution in [1.29, 1.82) is 0 Å². The van der Waals surface area contributed by atoms with Crippen molar-refractivity contribution in [2.24, 2.45) is 0 Å². The number of anilines is 2. The lowest BCUT2D eigenvalue weighted by atomic mass is 10.1. The topological polar surface area (TPSA) is 123 Å². The van der Waals surface area contributed by atoms with Crippen LogP contribution < -0.4 is 24.8 Å². The lowest BCUT2D eigenvalue weighted by Gasteiger charge is -2.14. The van der Waals surface area contributed by atoms with Gasteiger partial charge in [0.05, 0.1) is 18.6 Å². The zero-order chi connectivity index (χ0) is 29.4. The number of benzene rings is 3. The molecule has 0 spiro atoms. The first-order valence-corrected chi connectivity index (χ1v) is 13.2. The van der Waals surface area contributed by atoms with Crippen LogP contribution in [0.3, 0.4) is 0 Å². The van der Waals surface area contributed by atoms with Crippen LogP contribution in [0, 0.1) is 5.82 Å². The molecule has 4 rings (SSSR count). The zero-order valence-corrected chi connectivity index (χ0v) is 23.0. The lowest BCUT2D eigenvalue weighted by molar-refractivity contribution is -0.127. The number of nitrogens with zero attached hydrogens (tertiary/aromatic N) is 1.